The summed E-state index contributed by atoms with van der Waals surface area (Å²) >= 11 is -1.97. The van der Waals surface area contributed by atoms with Crippen molar-refractivity contribution in [1.82, 2.24) is 9.62 Å². The Hall–Kier alpha value is -1.03. The van der Waals surface area contributed by atoms with Crippen LogP contribution in [0.15, 0.2) is 24.3 Å². The van der Waals surface area contributed by atoms with Crippen LogP contribution in [0.5, 0.6) is 0 Å². The number of ether oxygens (including phenoxy) is 2. The summed E-state index contributed by atoms with van der Waals surface area (Å²) in [4.78, 5) is 5.00. The van der Waals surface area contributed by atoms with E-state index in [0.717, 1.165) is 63.7 Å². The van der Waals surface area contributed by atoms with E-state index >= 15 is 0 Å². The van der Waals surface area contributed by atoms with Crippen molar-refractivity contribution in [3.05, 3.63) is 29.8 Å². The largest absolute Gasteiger partial charge is 0.369 e. The van der Waals surface area contributed by atoms with E-state index in [2.05, 4.69) is 26.7 Å². The van der Waals surface area contributed by atoms with E-state index in [1.807, 2.05) is 12.1 Å². The smallest absolute Gasteiger partial charge is 0.232 e. The van der Waals surface area contributed by atoms with Crippen LogP contribution in [-0.2, 0) is 27.3 Å². The van der Waals surface area contributed by atoms with E-state index < -0.39 is 11.3 Å². The summed E-state index contributed by atoms with van der Waals surface area (Å²) in [5.41, 5.74) is 2.22. The van der Waals surface area contributed by atoms with Crippen molar-refractivity contribution in [3.63, 3.8) is 0 Å². The molecule has 1 aromatic rings. The van der Waals surface area contributed by atoms with Gasteiger partial charge in [0.15, 0.2) is 5.79 Å². The second kappa shape index (κ2) is 9.85. The molecule has 1 aliphatic carbocycles. The normalized spacial score (nSPS) is 24.2. The van der Waals surface area contributed by atoms with E-state index in [4.69, 9.17) is 14.0 Å². The van der Waals surface area contributed by atoms with Crippen molar-refractivity contribution in [2.24, 2.45) is 5.92 Å². The van der Waals surface area contributed by atoms with Crippen LogP contribution >= 0.6 is 0 Å². The van der Waals surface area contributed by atoms with Gasteiger partial charge in [-0.3, -0.25) is 9.45 Å². The molecule has 29 heavy (non-hydrogen) atoms. The highest BCUT2D eigenvalue weighted by Gasteiger charge is 2.40. The standard InChI is InChI=1S/C21H33N3O4S/c25-29(26)22-17-19-2-1-3-20(16-19)24-12-10-23(11-13-24)9-6-18-4-7-21(8-5-18)27-14-15-28-21/h1-3,16,18,22H,4-15,17H2,(H,25,26). The third-order valence-corrected chi connectivity index (χ3v) is 6.97. The summed E-state index contributed by atoms with van der Waals surface area (Å²) in [6, 6.07) is 8.24. The lowest BCUT2D eigenvalue weighted by Gasteiger charge is -2.38. The number of anilines is 1. The van der Waals surface area contributed by atoms with Gasteiger partial charge in [-0.05, 0) is 49.4 Å². The predicted molar refractivity (Wildman–Crippen MR) is 114 cm³/mol. The van der Waals surface area contributed by atoms with Crippen molar-refractivity contribution in [2.75, 3.05) is 50.8 Å². The van der Waals surface area contributed by atoms with Gasteiger partial charge in [0, 0.05) is 51.3 Å². The first-order valence-corrected chi connectivity index (χ1v) is 11.9. The van der Waals surface area contributed by atoms with Crippen molar-refractivity contribution in [2.45, 2.75) is 44.4 Å². The van der Waals surface area contributed by atoms with E-state index in [9.17, 15) is 4.21 Å². The summed E-state index contributed by atoms with van der Waals surface area (Å²) < 4.78 is 33.9. The highest BCUT2D eigenvalue weighted by atomic mass is 32.2. The van der Waals surface area contributed by atoms with E-state index in [1.54, 1.807) is 0 Å². The fourth-order valence-electron chi connectivity index (χ4n) is 4.79. The zero-order valence-corrected chi connectivity index (χ0v) is 17.9. The molecule has 1 atom stereocenters. The minimum absolute atomic E-state index is 0.238. The van der Waals surface area contributed by atoms with Gasteiger partial charge in [0.05, 0.1) is 13.2 Å². The molecule has 0 bridgehead atoms. The van der Waals surface area contributed by atoms with Crippen molar-refractivity contribution < 1.29 is 18.2 Å². The second-order valence-corrected chi connectivity index (χ2v) is 9.20. The highest BCUT2D eigenvalue weighted by molar-refractivity contribution is 7.77. The molecule has 162 valence electrons. The Morgan fingerprint density at radius 2 is 1.86 bits per heavy atom. The number of nitrogens with zero attached hydrogens (tertiary/aromatic N) is 2. The molecule has 2 heterocycles. The van der Waals surface area contributed by atoms with Gasteiger partial charge in [-0.15, -0.1) is 0 Å². The summed E-state index contributed by atoms with van der Waals surface area (Å²) in [7, 11) is 0. The summed E-state index contributed by atoms with van der Waals surface area (Å²) in [6.07, 6.45) is 5.83. The number of nitrogens with one attached hydrogen (secondary N) is 1. The number of hydrogen-bond donors (Lipinski definition) is 2. The summed E-state index contributed by atoms with van der Waals surface area (Å²) in [6.45, 7) is 7.33. The van der Waals surface area contributed by atoms with E-state index in [0.29, 0.717) is 6.54 Å². The first-order valence-electron chi connectivity index (χ1n) is 10.8. The van der Waals surface area contributed by atoms with Gasteiger partial charge in [0.25, 0.3) is 0 Å². The molecule has 1 aromatic carbocycles. The molecule has 1 unspecified atom stereocenters. The van der Waals surface area contributed by atoms with Crippen LogP contribution in [0.1, 0.15) is 37.7 Å². The second-order valence-electron chi connectivity index (χ2n) is 8.41. The Morgan fingerprint density at radius 1 is 1.14 bits per heavy atom. The van der Waals surface area contributed by atoms with Crippen LogP contribution < -0.4 is 9.62 Å². The molecule has 8 heteroatoms. The average molecular weight is 424 g/mol. The Kier molecular flexibility index (Phi) is 7.21. The molecule has 0 aromatic heterocycles. The van der Waals surface area contributed by atoms with Crippen LogP contribution in [0.25, 0.3) is 0 Å². The number of rotatable bonds is 7. The molecule has 1 spiro atoms. The van der Waals surface area contributed by atoms with E-state index in [1.165, 1.54) is 31.5 Å². The average Bonchev–Trinajstić information content (AvgIpc) is 3.20. The van der Waals surface area contributed by atoms with Gasteiger partial charge >= 0.3 is 0 Å². The molecule has 0 radical (unpaired) electrons. The molecule has 2 N–H and O–H groups in total. The minimum atomic E-state index is -1.97. The third-order valence-electron chi connectivity index (χ3n) is 6.58. The summed E-state index contributed by atoms with van der Waals surface area (Å²) in [5, 5.41) is 0. The van der Waals surface area contributed by atoms with Crippen molar-refractivity contribution in [1.29, 1.82) is 0 Å². The zero-order valence-electron chi connectivity index (χ0n) is 17.1. The molecular formula is C21H33N3O4S. The molecule has 2 aliphatic heterocycles. The molecule has 4 rings (SSSR count). The first kappa shape index (κ1) is 21.2. The number of hydrogen-bond acceptors (Lipinski definition) is 5. The molecule has 7 nitrogen and oxygen atoms in total. The molecule has 0 amide bonds. The van der Waals surface area contributed by atoms with Gasteiger partial charge in [-0.2, -0.15) is 0 Å². The predicted octanol–water partition coefficient (Wildman–Crippen LogP) is 2.36. The Labute approximate surface area is 176 Å². The molecule has 1 saturated carbocycles. The molecule has 3 fully saturated rings. The van der Waals surface area contributed by atoms with Gasteiger partial charge in [0.2, 0.25) is 11.3 Å². The van der Waals surface area contributed by atoms with Crippen LogP contribution in [0.3, 0.4) is 0 Å². The van der Waals surface area contributed by atoms with Crippen molar-refractivity contribution >= 4 is 17.0 Å². The molecule has 3 aliphatic rings. The zero-order chi connectivity index (χ0) is 20.1. The minimum Gasteiger partial charge on any atom is -0.369 e. The fourth-order valence-corrected chi connectivity index (χ4v) is 5.08. The first-order chi connectivity index (χ1) is 14.1. The summed E-state index contributed by atoms with van der Waals surface area (Å²) in [5.74, 6) is 0.561. The number of benzene rings is 1. The maximum absolute atomic E-state index is 10.8. The lowest BCUT2D eigenvalue weighted by atomic mass is 9.83. The molecular weight excluding hydrogens is 390 g/mol. The molecule has 2 saturated heterocycles. The van der Waals surface area contributed by atoms with Crippen LogP contribution in [-0.4, -0.2) is 65.4 Å². The Bertz CT molecular complexity index is 680. The van der Waals surface area contributed by atoms with Gasteiger partial charge in [-0.25, -0.2) is 8.93 Å². The van der Waals surface area contributed by atoms with Gasteiger partial charge in [-0.1, -0.05) is 12.1 Å². The van der Waals surface area contributed by atoms with Gasteiger partial charge < -0.3 is 14.4 Å². The SMILES string of the molecule is O=S(O)NCc1cccc(N2CCN(CCC3CCC4(CC3)OCCO4)CC2)c1. The maximum atomic E-state index is 10.8. The topological polar surface area (TPSA) is 74.3 Å². The van der Waals surface area contributed by atoms with Crippen LogP contribution in [0.2, 0.25) is 0 Å². The van der Waals surface area contributed by atoms with Gasteiger partial charge in [0.1, 0.15) is 0 Å². The van der Waals surface area contributed by atoms with Crippen LogP contribution in [0.4, 0.5) is 5.69 Å². The Morgan fingerprint density at radius 3 is 2.55 bits per heavy atom. The third kappa shape index (κ3) is 5.77. The van der Waals surface area contributed by atoms with E-state index in [-0.39, 0.29) is 5.79 Å². The monoisotopic (exact) mass is 423 g/mol. The Balaban J connectivity index is 1.18. The lowest BCUT2D eigenvalue weighted by Crippen LogP contribution is -2.47. The lowest BCUT2D eigenvalue weighted by molar-refractivity contribution is -0.182. The number of piperazine rings is 1. The fraction of sp³-hybridized carbons (Fsp3) is 0.714. The van der Waals surface area contributed by atoms with Crippen molar-refractivity contribution in [3.8, 4) is 0 Å². The maximum Gasteiger partial charge on any atom is 0.232 e. The van der Waals surface area contributed by atoms with Crippen LogP contribution in [0, 0.1) is 5.92 Å². The quantitative estimate of drug-likeness (QED) is 0.656. The highest BCUT2D eigenvalue weighted by Crippen LogP contribution is 2.39.